The lowest BCUT2D eigenvalue weighted by Crippen LogP contribution is -2.59. The minimum atomic E-state index is -0.521. The number of nitriles is 1. The number of fused-ring (bicyclic) bond motifs is 1. The molecule has 12 heteroatoms. The first kappa shape index (κ1) is 21.2. The number of nitrogen functional groups attached to an aromatic ring is 2. The minimum Gasteiger partial charge on any atom is -0.382 e. The van der Waals surface area contributed by atoms with Gasteiger partial charge in [-0.3, -0.25) is 4.79 Å². The van der Waals surface area contributed by atoms with Gasteiger partial charge in [-0.1, -0.05) is 17.7 Å². The third kappa shape index (κ3) is 3.67. The second kappa shape index (κ2) is 7.75. The van der Waals surface area contributed by atoms with Crippen molar-refractivity contribution in [3.63, 3.8) is 0 Å². The van der Waals surface area contributed by atoms with Crippen LogP contribution >= 0.6 is 11.6 Å². The Morgan fingerprint density at radius 3 is 2.82 bits per heavy atom. The summed E-state index contributed by atoms with van der Waals surface area (Å²) in [5.41, 5.74) is 12.0. The quantitative estimate of drug-likeness (QED) is 0.438. The zero-order chi connectivity index (χ0) is 23.3. The molecule has 1 saturated carbocycles. The first-order valence-corrected chi connectivity index (χ1v) is 11.0. The predicted molar refractivity (Wildman–Crippen MR) is 127 cm³/mol. The highest BCUT2D eigenvalue weighted by molar-refractivity contribution is 6.35. The number of nitrogens with one attached hydrogen (secondary N) is 2. The predicted octanol–water partition coefficient (Wildman–Crippen LogP) is 1.12. The molecule has 1 saturated heterocycles. The normalized spacial score (nSPS) is 17.7. The van der Waals surface area contributed by atoms with Crippen LogP contribution in [-0.4, -0.2) is 44.8 Å². The van der Waals surface area contributed by atoms with Gasteiger partial charge in [0.2, 0.25) is 5.95 Å². The molecule has 3 heterocycles. The number of nitrogens with zero attached hydrogens (tertiary/aromatic N) is 6. The molecular weight excluding hydrogens is 444 g/mol. The van der Waals surface area contributed by atoms with E-state index in [1.54, 1.807) is 22.9 Å². The van der Waals surface area contributed by atoms with Crippen LogP contribution in [0.4, 0.5) is 17.6 Å². The summed E-state index contributed by atoms with van der Waals surface area (Å²) in [5, 5.41) is 19.0. The van der Waals surface area contributed by atoms with E-state index in [9.17, 15) is 10.1 Å². The van der Waals surface area contributed by atoms with E-state index in [2.05, 4.69) is 20.6 Å². The van der Waals surface area contributed by atoms with Gasteiger partial charge in [-0.15, -0.1) is 0 Å². The summed E-state index contributed by atoms with van der Waals surface area (Å²) < 4.78 is 1.60. The van der Waals surface area contributed by atoms with Crippen molar-refractivity contribution >= 4 is 40.1 Å². The molecule has 2 fully saturated rings. The van der Waals surface area contributed by atoms with Gasteiger partial charge in [-0.05, 0) is 31.9 Å². The summed E-state index contributed by atoms with van der Waals surface area (Å²) in [7, 11) is 0. The monoisotopic (exact) mass is 466 g/mol. The number of anilines is 3. The molecule has 3 aromatic rings. The second-order valence-corrected chi connectivity index (χ2v) is 8.89. The molecule has 5 rings (SSSR count). The van der Waals surface area contributed by atoms with Gasteiger partial charge in [0, 0.05) is 18.6 Å². The Morgan fingerprint density at radius 1 is 1.30 bits per heavy atom. The zero-order valence-electron chi connectivity index (χ0n) is 18.0. The van der Waals surface area contributed by atoms with Crippen molar-refractivity contribution in [3.05, 3.63) is 45.0 Å². The Bertz CT molecular complexity index is 1360. The summed E-state index contributed by atoms with van der Waals surface area (Å²) >= 11 is 6.40. The fourth-order valence-corrected chi connectivity index (χ4v) is 4.57. The largest absolute Gasteiger partial charge is 0.382 e. The van der Waals surface area contributed by atoms with E-state index in [1.165, 1.54) is 0 Å². The minimum absolute atomic E-state index is 0.0203. The van der Waals surface area contributed by atoms with Gasteiger partial charge < -0.3 is 27.1 Å². The van der Waals surface area contributed by atoms with Crippen LogP contribution in [0.25, 0.3) is 10.9 Å². The van der Waals surface area contributed by atoms with Gasteiger partial charge in [0.05, 0.1) is 28.5 Å². The Labute approximate surface area is 194 Å². The molecule has 1 aliphatic carbocycles. The van der Waals surface area contributed by atoms with E-state index >= 15 is 0 Å². The van der Waals surface area contributed by atoms with Crippen LogP contribution in [0.5, 0.6) is 0 Å². The third-order valence-corrected chi connectivity index (χ3v) is 6.46. The molecule has 0 radical (unpaired) electrons. The standard InChI is InChI=1S/C21H23ClN10O/c1-11(27-17-12(9-23)16(24)29-20(25)30-17)18-28-14-4-2-3-13(22)15(14)19(33)32(18)31-8-7-26-21(10-31)5-6-21/h2-4,11,26H,5-8,10H2,1H3,(H5,24,25,27,29,30)/t11-/m0/s1. The number of hydrogen-bond donors (Lipinski definition) is 4. The van der Waals surface area contributed by atoms with Gasteiger partial charge in [-0.25, -0.2) is 9.66 Å². The summed E-state index contributed by atoms with van der Waals surface area (Å²) in [5.74, 6) is 0.566. The highest BCUT2D eigenvalue weighted by atomic mass is 35.5. The molecule has 2 aliphatic rings. The molecule has 1 atom stereocenters. The summed E-state index contributed by atoms with van der Waals surface area (Å²) in [6, 6.07) is 6.68. The van der Waals surface area contributed by atoms with E-state index in [0.717, 1.165) is 19.4 Å². The van der Waals surface area contributed by atoms with Crippen LogP contribution in [-0.2, 0) is 0 Å². The van der Waals surface area contributed by atoms with Crippen molar-refractivity contribution in [3.8, 4) is 6.07 Å². The summed E-state index contributed by atoms with van der Waals surface area (Å²) in [4.78, 5) is 26.5. The van der Waals surface area contributed by atoms with E-state index in [0.29, 0.717) is 34.8 Å². The molecule has 0 bridgehead atoms. The van der Waals surface area contributed by atoms with Crippen LogP contribution in [0.1, 0.15) is 37.2 Å². The highest BCUT2D eigenvalue weighted by Gasteiger charge is 2.46. The van der Waals surface area contributed by atoms with Gasteiger partial charge in [0.25, 0.3) is 5.56 Å². The molecule has 33 heavy (non-hydrogen) atoms. The topological polar surface area (TPSA) is 164 Å². The average molecular weight is 467 g/mol. The molecule has 1 aliphatic heterocycles. The number of rotatable bonds is 4. The van der Waals surface area contributed by atoms with Crippen molar-refractivity contribution < 1.29 is 0 Å². The molecule has 0 unspecified atom stereocenters. The van der Waals surface area contributed by atoms with Gasteiger partial charge in [0.1, 0.15) is 17.5 Å². The van der Waals surface area contributed by atoms with Gasteiger partial charge in [0.15, 0.2) is 11.6 Å². The number of piperazine rings is 1. The fourth-order valence-electron chi connectivity index (χ4n) is 4.32. The van der Waals surface area contributed by atoms with E-state index in [1.807, 2.05) is 18.0 Å². The Kier molecular flexibility index (Phi) is 4.99. The smallest absolute Gasteiger partial charge is 0.281 e. The molecule has 2 aromatic heterocycles. The molecule has 170 valence electrons. The highest BCUT2D eigenvalue weighted by Crippen LogP contribution is 2.37. The van der Waals surface area contributed by atoms with Crippen LogP contribution < -0.4 is 32.7 Å². The van der Waals surface area contributed by atoms with Crippen LogP contribution in [0, 0.1) is 11.3 Å². The van der Waals surface area contributed by atoms with Crippen LogP contribution in [0.2, 0.25) is 5.02 Å². The molecule has 6 N–H and O–H groups in total. The van der Waals surface area contributed by atoms with Crippen molar-refractivity contribution in [2.75, 3.05) is 41.4 Å². The SMILES string of the molecule is C[C@H](Nc1nc(N)nc(N)c1C#N)c1nc2cccc(Cl)c2c(=O)n1N1CCNC2(CC2)C1. The molecule has 1 aromatic carbocycles. The molecule has 1 spiro atoms. The maximum absolute atomic E-state index is 13.7. The lowest BCUT2D eigenvalue weighted by molar-refractivity contribution is 0.373. The third-order valence-electron chi connectivity index (χ3n) is 6.15. The van der Waals surface area contributed by atoms with E-state index in [4.69, 9.17) is 28.1 Å². The number of aromatic nitrogens is 4. The van der Waals surface area contributed by atoms with Gasteiger partial charge >= 0.3 is 0 Å². The number of halogens is 1. The first-order chi connectivity index (χ1) is 15.8. The zero-order valence-corrected chi connectivity index (χ0v) is 18.7. The summed E-state index contributed by atoms with van der Waals surface area (Å²) in [6.07, 6.45) is 2.13. The van der Waals surface area contributed by atoms with Crippen LogP contribution in [0.3, 0.4) is 0 Å². The number of nitrogens with two attached hydrogens (primary N) is 2. The Morgan fingerprint density at radius 2 is 2.09 bits per heavy atom. The van der Waals surface area contributed by atoms with Gasteiger partial charge in [-0.2, -0.15) is 15.2 Å². The van der Waals surface area contributed by atoms with Crippen molar-refractivity contribution in [1.29, 1.82) is 5.26 Å². The number of benzene rings is 1. The second-order valence-electron chi connectivity index (χ2n) is 8.48. The maximum Gasteiger partial charge on any atom is 0.281 e. The van der Waals surface area contributed by atoms with Crippen molar-refractivity contribution in [2.24, 2.45) is 0 Å². The Hall–Kier alpha value is -3.62. The van der Waals surface area contributed by atoms with Crippen LogP contribution in [0.15, 0.2) is 23.0 Å². The molecular formula is C21H23ClN10O. The molecule has 0 amide bonds. The lowest BCUT2D eigenvalue weighted by atomic mass is 10.2. The number of hydrogen-bond acceptors (Lipinski definition) is 10. The van der Waals surface area contributed by atoms with Crippen molar-refractivity contribution in [1.82, 2.24) is 24.9 Å². The average Bonchev–Trinajstić information content (AvgIpc) is 3.51. The summed E-state index contributed by atoms with van der Waals surface area (Å²) in [6.45, 7) is 3.90. The van der Waals surface area contributed by atoms with Crippen molar-refractivity contribution in [2.45, 2.75) is 31.3 Å². The lowest BCUT2D eigenvalue weighted by Gasteiger charge is -2.38. The fraction of sp³-hybridized carbons (Fsp3) is 0.381. The Balaban J connectivity index is 1.64. The van der Waals surface area contributed by atoms with E-state index < -0.39 is 6.04 Å². The molecule has 11 nitrogen and oxygen atoms in total. The first-order valence-electron chi connectivity index (χ1n) is 10.6. The van der Waals surface area contributed by atoms with E-state index in [-0.39, 0.29) is 34.2 Å². The maximum atomic E-state index is 13.7.